The van der Waals surface area contributed by atoms with Gasteiger partial charge < -0.3 is 15.8 Å². The van der Waals surface area contributed by atoms with Gasteiger partial charge in [-0.05, 0) is 44.4 Å². The molecule has 0 aromatic heterocycles. The number of carbonyl (C=O) groups excluding carboxylic acids is 1. The largest absolute Gasteiger partial charge is 0.496 e. The molecule has 3 N–H and O–H groups in total. The Morgan fingerprint density at radius 2 is 2.11 bits per heavy atom. The first-order valence-corrected chi connectivity index (χ1v) is 6.78. The zero-order valence-corrected chi connectivity index (χ0v) is 11.8. The second-order valence-electron chi connectivity index (χ2n) is 4.73. The molecule has 1 unspecified atom stereocenters. The lowest BCUT2D eigenvalue weighted by Gasteiger charge is -2.15. The van der Waals surface area contributed by atoms with Crippen molar-refractivity contribution in [1.29, 1.82) is 0 Å². The summed E-state index contributed by atoms with van der Waals surface area (Å²) in [5.41, 5.74) is 6.52. The van der Waals surface area contributed by atoms with Crippen molar-refractivity contribution < 1.29 is 9.53 Å². The van der Waals surface area contributed by atoms with E-state index in [4.69, 9.17) is 10.5 Å². The van der Waals surface area contributed by atoms with Crippen LogP contribution in [-0.2, 0) is 11.2 Å². The Bertz CT molecular complexity index is 393. The minimum atomic E-state index is 0.0934. The predicted molar refractivity (Wildman–Crippen MR) is 77.2 cm³/mol. The van der Waals surface area contributed by atoms with Gasteiger partial charge in [0.1, 0.15) is 5.75 Å². The summed E-state index contributed by atoms with van der Waals surface area (Å²) < 4.78 is 5.30. The first-order valence-electron chi connectivity index (χ1n) is 6.78. The molecule has 0 aliphatic heterocycles. The Morgan fingerprint density at radius 3 is 2.79 bits per heavy atom. The van der Waals surface area contributed by atoms with Crippen LogP contribution in [0.25, 0.3) is 0 Å². The van der Waals surface area contributed by atoms with E-state index in [0.717, 1.165) is 30.6 Å². The van der Waals surface area contributed by atoms with Crippen molar-refractivity contribution in [2.75, 3.05) is 13.7 Å². The molecule has 0 saturated heterocycles. The molecular formula is C15H24N2O2. The van der Waals surface area contributed by atoms with Crippen LogP contribution < -0.4 is 15.8 Å². The molecular weight excluding hydrogens is 240 g/mol. The molecule has 1 rings (SSSR count). The Kier molecular flexibility index (Phi) is 6.97. The number of rotatable bonds is 8. The zero-order valence-electron chi connectivity index (χ0n) is 11.8. The van der Waals surface area contributed by atoms with Crippen LogP contribution in [0.1, 0.15) is 31.7 Å². The van der Waals surface area contributed by atoms with E-state index in [1.165, 1.54) is 0 Å². The maximum Gasteiger partial charge on any atom is 0.220 e. The number of nitrogens with one attached hydrogen (secondary N) is 1. The van der Waals surface area contributed by atoms with E-state index in [1.807, 2.05) is 31.2 Å². The second-order valence-corrected chi connectivity index (χ2v) is 4.73. The van der Waals surface area contributed by atoms with E-state index in [1.54, 1.807) is 7.11 Å². The fraction of sp³-hybridized carbons (Fsp3) is 0.533. The average Bonchev–Trinajstić information content (AvgIpc) is 2.39. The third-order valence-electron chi connectivity index (χ3n) is 2.98. The molecule has 0 aliphatic rings. The SMILES string of the molecule is COc1ccccc1CC(C)NC(=O)CCCCN. The summed E-state index contributed by atoms with van der Waals surface area (Å²) in [5, 5.41) is 3.00. The van der Waals surface area contributed by atoms with Crippen molar-refractivity contribution in [2.24, 2.45) is 5.73 Å². The first-order chi connectivity index (χ1) is 9.17. The number of unbranched alkanes of at least 4 members (excludes halogenated alkanes) is 1. The topological polar surface area (TPSA) is 64.3 Å². The summed E-state index contributed by atoms with van der Waals surface area (Å²) in [7, 11) is 1.66. The predicted octanol–water partition coefficient (Wildman–Crippen LogP) is 1.87. The van der Waals surface area contributed by atoms with E-state index < -0.39 is 0 Å². The second kappa shape index (κ2) is 8.53. The van der Waals surface area contributed by atoms with E-state index in [9.17, 15) is 4.79 Å². The van der Waals surface area contributed by atoms with E-state index >= 15 is 0 Å². The van der Waals surface area contributed by atoms with Crippen LogP contribution in [0, 0.1) is 0 Å². The monoisotopic (exact) mass is 264 g/mol. The molecule has 1 aromatic carbocycles. The highest BCUT2D eigenvalue weighted by Crippen LogP contribution is 2.18. The van der Waals surface area contributed by atoms with E-state index in [-0.39, 0.29) is 11.9 Å². The molecule has 0 heterocycles. The third-order valence-corrected chi connectivity index (χ3v) is 2.98. The summed E-state index contributed by atoms with van der Waals surface area (Å²) >= 11 is 0. The number of carbonyl (C=O) groups is 1. The fourth-order valence-corrected chi connectivity index (χ4v) is 2.03. The van der Waals surface area contributed by atoms with Crippen molar-refractivity contribution >= 4 is 5.91 Å². The quantitative estimate of drug-likeness (QED) is 0.705. The van der Waals surface area contributed by atoms with Gasteiger partial charge >= 0.3 is 0 Å². The molecule has 0 fully saturated rings. The summed E-state index contributed by atoms with van der Waals surface area (Å²) in [5.74, 6) is 0.961. The minimum Gasteiger partial charge on any atom is -0.496 e. The Morgan fingerprint density at radius 1 is 1.37 bits per heavy atom. The Hall–Kier alpha value is -1.55. The molecule has 0 bridgehead atoms. The molecule has 4 nitrogen and oxygen atoms in total. The number of ether oxygens (including phenoxy) is 1. The van der Waals surface area contributed by atoms with Crippen LogP contribution in [0.5, 0.6) is 5.75 Å². The summed E-state index contributed by atoms with van der Waals surface area (Å²) in [6.07, 6.45) is 3.07. The van der Waals surface area contributed by atoms with Gasteiger partial charge in [-0.3, -0.25) is 4.79 Å². The van der Waals surface area contributed by atoms with Crippen molar-refractivity contribution in [3.05, 3.63) is 29.8 Å². The van der Waals surface area contributed by atoms with Gasteiger partial charge in [0.15, 0.2) is 0 Å². The highest BCUT2D eigenvalue weighted by molar-refractivity contribution is 5.76. The van der Waals surface area contributed by atoms with Gasteiger partial charge in [-0.25, -0.2) is 0 Å². The van der Waals surface area contributed by atoms with Gasteiger partial charge in [-0.2, -0.15) is 0 Å². The number of benzene rings is 1. The van der Waals surface area contributed by atoms with Gasteiger partial charge in [-0.1, -0.05) is 18.2 Å². The van der Waals surface area contributed by atoms with Crippen LogP contribution in [-0.4, -0.2) is 25.6 Å². The molecule has 4 heteroatoms. The molecule has 1 aromatic rings. The fourth-order valence-electron chi connectivity index (χ4n) is 2.03. The number of para-hydroxylation sites is 1. The Balaban J connectivity index is 2.42. The normalized spacial score (nSPS) is 11.9. The molecule has 106 valence electrons. The number of methoxy groups -OCH3 is 1. The lowest BCUT2D eigenvalue weighted by Crippen LogP contribution is -2.34. The maximum absolute atomic E-state index is 11.7. The van der Waals surface area contributed by atoms with Crippen LogP contribution in [0.15, 0.2) is 24.3 Å². The van der Waals surface area contributed by atoms with Gasteiger partial charge in [0.25, 0.3) is 0 Å². The molecule has 0 saturated carbocycles. The zero-order chi connectivity index (χ0) is 14.1. The van der Waals surface area contributed by atoms with Gasteiger partial charge in [-0.15, -0.1) is 0 Å². The summed E-state index contributed by atoms with van der Waals surface area (Å²) in [4.78, 5) is 11.7. The van der Waals surface area contributed by atoms with Gasteiger partial charge in [0, 0.05) is 12.5 Å². The molecule has 1 atom stereocenters. The molecule has 1 amide bonds. The maximum atomic E-state index is 11.7. The van der Waals surface area contributed by atoms with Gasteiger partial charge in [0.2, 0.25) is 5.91 Å². The number of hydrogen-bond acceptors (Lipinski definition) is 3. The molecule has 19 heavy (non-hydrogen) atoms. The smallest absolute Gasteiger partial charge is 0.220 e. The van der Waals surface area contributed by atoms with Crippen LogP contribution in [0.2, 0.25) is 0 Å². The number of nitrogens with two attached hydrogens (primary N) is 1. The van der Waals surface area contributed by atoms with Crippen molar-refractivity contribution in [2.45, 2.75) is 38.6 Å². The lowest BCUT2D eigenvalue weighted by molar-refractivity contribution is -0.121. The Labute approximate surface area is 115 Å². The minimum absolute atomic E-state index is 0.0934. The van der Waals surface area contributed by atoms with Crippen molar-refractivity contribution in [3.8, 4) is 5.75 Å². The molecule has 0 spiro atoms. The van der Waals surface area contributed by atoms with Crippen molar-refractivity contribution in [3.63, 3.8) is 0 Å². The van der Waals surface area contributed by atoms with Gasteiger partial charge in [0.05, 0.1) is 7.11 Å². The average molecular weight is 264 g/mol. The van der Waals surface area contributed by atoms with E-state index in [2.05, 4.69) is 5.32 Å². The summed E-state index contributed by atoms with van der Waals surface area (Å²) in [6.45, 7) is 2.65. The summed E-state index contributed by atoms with van der Waals surface area (Å²) in [6, 6.07) is 7.98. The molecule has 0 radical (unpaired) electrons. The standard InChI is InChI=1S/C15H24N2O2/c1-12(17-15(18)9-5-6-10-16)11-13-7-3-4-8-14(13)19-2/h3-4,7-8,12H,5-6,9-11,16H2,1-2H3,(H,17,18). The number of amides is 1. The van der Waals surface area contributed by atoms with Crippen LogP contribution in [0.4, 0.5) is 0 Å². The van der Waals surface area contributed by atoms with Crippen LogP contribution in [0.3, 0.4) is 0 Å². The highest BCUT2D eigenvalue weighted by atomic mass is 16.5. The lowest BCUT2D eigenvalue weighted by atomic mass is 10.1. The molecule has 0 aliphatic carbocycles. The van der Waals surface area contributed by atoms with E-state index in [0.29, 0.717) is 13.0 Å². The third kappa shape index (κ3) is 5.75. The number of hydrogen-bond donors (Lipinski definition) is 2. The van der Waals surface area contributed by atoms with Crippen LogP contribution >= 0.6 is 0 Å². The highest BCUT2D eigenvalue weighted by Gasteiger charge is 2.10. The first kappa shape index (κ1) is 15.5. The van der Waals surface area contributed by atoms with Crippen molar-refractivity contribution in [1.82, 2.24) is 5.32 Å².